The molecular weight excluding hydrogens is 501 g/mol. The maximum Gasteiger partial charge on any atom is 0.325 e. The predicted molar refractivity (Wildman–Crippen MR) is 136 cm³/mol. The normalized spacial score (nSPS) is 17.8. The van der Waals surface area contributed by atoms with Crippen molar-refractivity contribution < 1.29 is 18.8 Å². The SMILES string of the molecule is CC[C@@H](NC(=O)N1C(=O)[C@H](Cc2ccnc(N)c2)[C@H]1C(=O)N(C)c1nccn1C)c1cccc(F)c1Cl. The van der Waals surface area contributed by atoms with Gasteiger partial charge in [0.15, 0.2) is 0 Å². The van der Waals surface area contributed by atoms with Gasteiger partial charge in [0.1, 0.15) is 17.7 Å². The number of likely N-dealkylation sites (N-methyl/N-ethyl adjacent to an activating group) is 1. The lowest BCUT2D eigenvalue weighted by Crippen LogP contribution is -2.70. The number of amides is 4. The monoisotopic (exact) mass is 527 g/mol. The standard InChI is InChI=1S/C25H27ClFN7O3/c1-4-18(15-6-5-7-17(27)20(15)26)31-25(37)34-21(23(36)33(3)24-30-10-11-32(24)2)16(22(34)35)12-14-8-9-29-19(28)13-14/h5-11,13,16,18,21H,4,12H2,1-3H3,(H2,28,29)(H,31,37)/t16-,18-,21+/m1/s1. The molecule has 3 heterocycles. The second kappa shape index (κ2) is 10.6. The van der Waals surface area contributed by atoms with E-state index in [1.54, 1.807) is 49.1 Å². The van der Waals surface area contributed by atoms with Crippen LogP contribution in [0.1, 0.15) is 30.5 Å². The fourth-order valence-electron chi connectivity index (χ4n) is 4.52. The number of aromatic nitrogens is 3. The second-order valence-electron chi connectivity index (χ2n) is 8.84. The summed E-state index contributed by atoms with van der Waals surface area (Å²) < 4.78 is 15.7. The first kappa shape index (κ1) is 26.1. The number of imidazole rings is 1. The maximum atomic E-state index is 14.0. The minimum atomic E-state index is -1.09. The van der Waals surface area contributed by atoms with Crippen molar-refractivity contribution in [2.45, 2.75) is 31.8 Å². The number of halogens is 2. The summed E-state index contributed by atoms with van der Waals surface area (Å²) in [5.41, 5.74) is 6.87. The number of nitrogens with two attached hydrogens (primary N) is 1. The van der Waals surface area contributed by atoms with Gasteiger partial charge in [0.2, 0.25) is 11.9 Å². The average Bonchev–Trinajstić information content (AvgIpc) is 3.30. The number of nitrogens with zero attached hydrogens (tertiary/aromatic N) is 5. The maximum absolute atomic E-state index is 14.0. The lowest BCUT2D eigenvalue weighted by Gasteiger charge is -2.45. The van der Waals surface area contributed by atoms with Crippen LogP contribution in [0.4, 0.5) is 21.0 Å². The molecule has 1 aliphatic rings. The van der Waals surface area contributed by atoms with E-state index in [4.69, 9.17) is 17.3 Å². The highest BCUT2D eigenvalue weighted by Crippen LogP contribution is 2.34. The lowest BCUT2D eigenvalue weighted by atomic mass is 9.81. The Labute approximate surface area is 218 Å². The van der Waals surface area contributed by atoms with Crippen molar-refractivity contribution in [3.05, 3.63) is 70.9 Å². The molecule has 0 unspecified atom stereocenters. The zero-order valence-electron chi connectivity index (χ0n) is 20.6. The number of β-lactam (4-membered cyclic amide) rings is 1. The quantitative estimate of drug-likeness (QED) is 0.455. The Morgan fingerprint density at radius 1 is 1.27 bits per heavy atom. The third-order valence-electron chi connectivity index (χ3n) is 6.48. The number of carbonyl (C=O) groups excluding carboxylic acids is 3. The lowest BCUT2D eigenvalue weighted by molar-refractivity contribution is -0.156. The highest BCUT2D eigenvalue weighted by Gasteiger charge is 2.55. The molecule has 194 valence electrons. The summed E-state index contributed by atoms with van der Waals surface area (Å²) >= 11 is 6.13. The predicted octanol–water partition coefficient (Wildman–Crippen LogP) is 3.08. The van der Waals surface area contributed by atoms with Crippen LogP contribution in [0, 0.1) is 11.7 Å². The minimum Gasteiger partial charge on any atom is -0.384 e. The number of rotatable bonds is 7. The summed E-state index contributed by atoms with van der Waals surface area (Å²) in [6.07, 6.45) is 5.31. The van der Waals surface area contributed by atoms with Crippen LogP contribution in [0.2, 0.25) is 5.02 Å². The topological polar surface area (TPSA) is 126 Å². The molecule has 0 bridgehead atoms. The Kier molecular flexibility index (Phi) is 7.44. The van der Waals surface area contributed by atoms with E-state index in [1.165, 1.54) is 30.3 Å². The van der Waals surface area contributed by atoms with Crippen LogP contribution in [0.5, 0.6) is 0 Å². The molecule has 4 rings (SSSR count). The van der Waals surface area contributed by atoms with E-state index in [1.807, 2.05) is 0 Å². The fourth-order valence-corrected chi connectivity index (χ4v) is 4.78. The van der Waals surface area contributed by atoms with Crippen molar-refractivity contribution in [2.24, 2.45) is 13.0 Å². The third kappa shape index (κ3) is 4.99. The molecule has 0 saturated carbocycles. The molecule has 3 atom stereocenters. The van der Waals surface area contributed by atoms with Gasteiger partial charge in [0.05, 0.1) is 17.0 Å². The minimum absolute atomic E-state index is 0.111. The van der Waals surface area contributed by atoms with Gasteiger partial charge >= 0.3 is 6.03 Å². The molecule has 4 amide bonds. The van der Waals surface area contributed by atoms with Gasteiger partial charge in [-0.3, -0.25) is 19.4 Å². The van der Waals surface area contributed by atoms with Crippen LogP contribution in [-0.4, -0.2) is 50.4 Å². The van der Waals surface area contributed by atoms with E-state index in [0.29, 0.717) is 23.5 Å². The summed E-state index contributed by atoms with van der Waals surface area (Å²) in [6.45, 7) is 1.79. The number of carbonyl (C=O) groups is 3. The van der Waals surface area contributed by atoms with Crippen LogP contribution >= 0.6 is 11.6 Å². The van der Waals surface area contributed by atoms with Crippen LogP contribution in [0.15, 0.2) is 48.9 Å². The van der Waals surface area contributed by atoms with Gasteiger partial charge in [-0.15, -0.1) is 0 Å². The molecule has 3 aromatic rings. The molecule has 37 heavy (non-hydrogen) atoms. The molecule has 0 aliphatic carbocycles. The highest BCUT2D eigenvalue weighted by atomic mass is 35.5. The molecule has 1 fully saturated rings. The number of hydrogen-bond acceptors (Lipinski definition) is 6. The smallest absolute Gasteiger partial charge is 0.325 e. The number of anilines is 2. The molecule has 3 N–H and O–H groups in total. The number of urea groups is 1. The first-order valence-corrected chi connectivity index (χ1v) is 12.0. The van der Waals surface area contributed by atoms with Crippen LogP contribution in [0.25, 0.3) is 0 Å². The molecule has 1 saturated heterocycles. The molecule has 1 aromatic carbocycles. The summed E-state index contributed by atoms with van der Waals surface area (Å²) in [4.78, 5) is 50.6. The van der Waals surface area contributed by atoms with Gasteiger partial charge in [0, 0.05) is 32.7 Å². The number of likely N-dealkylation sites (tertiary alicyclic amines) is 1. The van der Waals surface area contributed by atoms with Gasteiger partial charge in [-0.25, -0.2) is 19.2 Å². The van der Waals surface area contributed by atoms with E-state index in [9.17, 15) is 18.8 Å². The highest BCUT2D eigenvalue weighted by molar-refractivity contribution is 6.31. The fraction of sp³-hybridized carbons (Fsp3) is 0.320. The Morgan fingerprint density at radius 2 is 2.03 bits per heavy atom. The van der Waals surface area contributed by atoms with Crippen molar-refractivity contribution in [3.8, 4) is 0 Å². The number of nitrogens with one attached hydrogen (secondary N) is 1. The third-order valence-corrected chi connectivity index (χ3v) is 6.87. The van der Waals surface area contributed by atoms with Gasteiger partial charge < -0.3 is 15.6 Å². The van der Waals surface area contributed by atoms with Crippen molar-refractivity contribution in [1.82, 2.24) is 24.8 Å². The molecule has 0 radical (unpaired) electrons. The van der Waals surface area contributed by atoms with Crippen molar-refractivity contribution in [3.63, 3.8) is 0 Å². The zero-order valence-corrected chi connectivity index (χ0v) is 21.3. The van der Waals surface area contributed by atoms with Crippen molar-refractivity contribution in [2.75, 3.05) is 17.7 Å². The molecule has 10 nitrogen and oxygen atoms in total. The largest absolute Gasteiger partial charge is 0.384 e. The number of nitrogen functional groups attached to an aromatic ring is 1. The van der Waals surface area contributed by atoms with Crippen LogP contribution in [0.3, 0.4) is 0 Å². The van der Waals surface area contributed by atoms with Crippen LogP contribution < -0.4 is 16.0 Å². The summed E-state index contributed by atoms with van der Waals surface area (Å²) in [7, 11) is 3.26. The Morgan fingerprint density at radius 3 is 2.68 bits per heavy atom. The van der Waals surface area contributed by atoms with Crippen molar-refractivity contribution in [1.29, 1.82) is 0 Å². The number of imide groups is 1. The zero-order chi connectivity index (χ0) is 26.9. The van der Waals surface area contributed by atoms with E-state index < -0.39 is 41.7 Å². The van der Waals surface area contributed by atoms with E-state index in [0.717, 1.165) is 4.90 Å². The van der Waals surface area contributed by atoms with Gasteiger partial charge in [-0.05, 0) is 42.2 Å². The summed E-state index contributed by atoms with van der Waals surface area (Å²) in [6, 6.07) is 5.10. The Bertz CT molecular complexity index is 1350. The van der Waals surface area contributed by atoms with Gasteiger partial charge in [0.25, 0.3) is 5.91 Å². The number of pyridine rings is 1. The first-order valence-electron chi connectivity index (χ1n) is 11.7. The number of aryl methyl sites for hydroxylation is 1. The molecule has 0 spiro atoms. The Balaban J connectivity index is 1.62. The van der Waals surface area contributed by atoms with Crippen molar-refractivity contribution >= 4 is 41.2 Å². The molecule has 1 aliphatic heterocycles. The number of hydrogen-bond donors (Lipinski definition) is 2. The first-order chi connectivity index (χ1) is 17.6. The van der Waals surface area contributed by atoms with Gasteiger partial charge in [-0.2, -0.15) is 0 Å². The number of benzene rings is 1. The summed E-state index contributed by atoms with van der Waals surface area (Å²) in [5, 5.41) is 2.63. The summed E-state index contributed by atoms with van der Waals surface area (Å²) in [5.74, 6) is -1.78. The van der Waals surface area contributed by atoms with E-state index >= 15 is 0 Å². The second-order valence-corrected chi connectivity index (χ2v) is 9.22. The molecule has 12 heteroatoms. The molecular formula is C25H27ClFN7O3. The van der Waals surface area contributed by atoms with E-state index in [2.05, 4.69) is 15.3 Å². The average molecular weight is 528 g/mol. The van der Waals surface area contributed by atoms with E-state index in [-0.39, 0.29) is 17.3 Å². The van der Waals surface area contributed by atoms with Gasteiger partial charge in [-0.1, -0.05) is 30.7 Å². The van der Waals surface area contributed by atoms with Crippen LogP contribution in [-0.2, 0) is 23.1 Å². The Hall–Kier alpha value is -3.99. The molecule has 2 aromatic heterocycles.